The van der Waals surface area contributed by atoms with Gasteiger partial charge < -0.3 is 9.53 Å². The van der Waals surface area contributed by atoms with Crippen molar-refractivity contribution in [2.45, 2.75) is 0 Å². The molecule has 0 atom stereocenters. The summed E-state index contributed by atoms with van der Waals surface area (Å²) in [5.74, 6) is 0.991. The zero-order chi connectivity index (χ0) is 8.81. The van der Waals surface area contributed by atoms with Crippen molar-refractivity contribution in [3.63, 3.8) is 0 Å². The first-order valence-corrected chi connectivity index (χ1v) is 3.64. The quantitative estimate of drug-likeness (QED) is 0.582. The lowest BCUT2D eigenvalue weighted by molar-refractivity contribution is -0.0979. The van der Waals surface area contributed by atoms with E-state index in [0.717, 1.165) is 5.75 Å². The smallest absolute Gasteiger partial charge is 0.126 e. The minimum absolute atomic E-state index is 0.705. The molecule has 12 heavy (non-hydrogen) atoms. The van der Waals surface area contributed by atoms with Crippen LogP contribution >= 0.6 is 0 Å². The summed E-state index contributed by atoms with van der Waals surface area (Å²) >= 11 is 0. The summed E-state index contributed by atoms with van der Waals surface area (Å²) in [6.07, 6.45) is 4.10. The minimum atomic E-state index is 0.705. The summed E-state index contributed by atoms with van der Waals surface area (Å²) in [6.45, 7) is 2.71. The Labute approximate surface area is 71.5 Å². The summed E-state index contributed by atoms with van der Waals surface area (Å²) in [6, 6.07) is 8.03. The summed E-state index contributed by atoms with van der Waals surface area (Å²) in [7, 11) is 0. The Bertz CT molecular complexity index is 279. The van der Waals surface area contributed by atoms with E-state index in [1.165, 1.54) is 5.56 Å². The van der Waals surface area contributed by atoms with Crippen molar-refractivity contribution in [2.24, 2.45) is 0 Å². The van der Waals surface area contributed by atoms with Crippen LogP contribution in [-0.2, 0) is 4.79 Å². The molecule has 1 heterocycles. The molecule has 1 aliphatic rings. The Hall–Kier alpha value is -1.57. The number of rotatable bonds is 0. The van der Waals surface area contributed by atoms with E-state index in [9.17, 15) is 0 Å². The zero-order valence-corrected chi connectivity index (χ0v) is 6.69. The van der Waals surface area contributed by atoms with Gasteiger partial charge in [0.2, 0.25) is 0 Å². The van der Waals surface area contributed by atoms with Crippen LogP contribution in [0.25, 0.3) is 6.08 Å². The lowest BCUT2D eigenvalue weighted by Crippen LogP contribution is -1.98. The summed E-state index contributed by atoms with van der Waals surface area (Å²) in [4.78, 5) is 8.00. The van der Waals surface area contributed by atoms with Crippen LogP contribution in [0.3, 0.4) is 0 Å². The largest absolute Gasteiger partial charge is 0.489 e. The van der Waals surface area contributed by atoms with Crippen LogP contribution in [0.4, 0.5) is 0 Å². The molecule has 1 aromatic carbocycles. The van der Waals surface area contributed by atoms with Gasteiger partial charge in [0, 0.05) is 5.56 Å². The predicted molar refractivity (Wildman–Crippen MR) is 48.1 cm³/mol. The molecule has 62 valence electrons. The third-order valence-electron chi connectivity index (χ3n) is 1.55. The molecule has 0 radical (unpaired) electrons. The van der Waals surface area contributed by atoms with E-state index in [0.29, 0.717) is 6.61 Å². The van der Waals surface area contributed by atoms with Crippen LogP contribution < -0.4 is 4.74 Å². The molecule has 2 rings (SSSR count). The Morgan fingerprint density at radius 2 is 2.00 bits per heavy atom. The number of hydrogen-bond acceptors (Lipinski definition) is 2. The van der Waals surface area contributed by atoms with Crippen molar-refractivity contribution in [3.8, 4) is 5.75 Å². The normalized spacial score (nSPS) is 12.0. The van der Waals surface area contributed by atoms with Gasteiger partial charge in [-0.25, -0.2) is 0 Å². The number of ether oxygens (including phenoxy) is 1. The van der Waals surface area contributed by atoms with Gasteiger partial charge in [0.15, 0.2) is 0 Å². The Kier molecular flexibility index (Phi) is 3.08. The monoisotopic (exact) mass is 162 g/mol. The molecule has 0 bridgehead atoms. The summed E-state index contributed by atoms with van der Waals surface area (Å²) in [5, 5.41) is 0. The molecular formula is C10H10O2. The molecule has 0 saturated carbocycles. The number of benzene rings is 1. The fraction of sp³-hybridized carbons (Fsp3) is 0.100. The first-order valence-electron chi connectivity index (χ1n) is 3.64. The molecule has 1 aliphatic heterocycles. The molecule has 2 heteroatoms. The molecule has 0 aliphatic carbocycles. The Balaban J connectivity index is 0.000000336. The van der Waals surface area contributed by atoms with Crippen LogP contribution in [0, 0.1) is 0 Å². The maximum Gasteiger partial charge on any atom is 0.126 e. The minimum Gasteiger partial charge on any atom is -0.489 e. The third kappa shape index (κ3) is 1.72. The van der Waals surface area contributed by atoms with Crippen LogP contribution in [0.2, 0.25) is 0 Å². The number of hydrogen-bond donors (Lipinski definition) is 0. The van der Waals surface area contributed by atoms with Crippen molar-refractivity contribution in [1.82, 2.24) is 0 Å². The summed E-state index contributed by atoms with van der Waals surface area (Å²) < 4.78 is 5.34. The Morgan fingerprint density at radius 3 is 2.75 bits per heavy atom. The molecule has 2 nitrogen and oxygen atoms in total. The second-order valence-corrected chi connectivity index (χ2v) is 2.25. The third-order valence-corrected chi connectivity index (χ3v) is 1.55. The van der Waals surface area contributed by atoms with Gasteiger partial charge in [-0.05, 0) is 12.1 Å². The molecular weight excluding hydrogens is 152 g/mol. The average molecular weight is 162 g/mol. The zero-order valence-electron chi connectivity index (χ0n) is 6.69. The fourth-order valence-corrected chi connectivity index (χ4v) is 1.06. The second-order valence-electron chi connectivity index (χ2n) is 2.25. The van der Waals surface area contributed by atoms with E-state index in [1.54, 1.807) is 0 Å². The van der Waals surface area contributed by atoms with Crippen molar-refractivity contribution in [1.29, 1.82) is 0 Å². The van der Waals surface area contributed by atoms with Crippen LogP contribution in [-0.4, -0.2) is 13.4 Å². The van der Waals surface area contributed by atoms with E-state index in [-0.39, 0.29) is 0 Å². The lowest BCUT2D eigenvalue weighted by atomic mass is 10.1. The van der Waals surface area contributed by atoms with E-state index >= 15 is 0 Å². The first-order chi connectivity index (χ1) is 5.97. The van der Waals surface area contributed by atoms with Gasteiger partial charge >= 0.3 is 0 Å². The van der Waals surface area contributed by atoms with Crippen molar-refractivity contribution in [2.75, 3.05) is 6.61 Å². The van der Waals surface area contributed by atoms with E-state index < -0.39 is 0 Å². The maximum absolute atomic E-state index is 8.00. The topological polar surface area (TPSA) is 26.3 Å². The number of carbonyl (C=O) groups excluding carboxylic acids is 1. The highest BCUT2D eigenvalue weighted by Crippen LogP contribution is 2.21. The van der Waals surface area contributed by atoms with Crippen molar-refractivity contribution in [3.05, 3.63) is 35.9 Å². The molecule has 0 amide bonds. The van der Waals surface area contributed by atoms with Gasteiger partial charge in [0.1, 0.15) is 19.1 Å². The molecule has 0 saturated heterocycles. The number of carbonyl (C=O) groups is 1. The summed E-state index contributed by atoms with van der Waals surface area (Å²) in [5.41, 5.74) is 1.17. The molecule has 0 aromatic heterocycles. The van der Waals surface area contributed by atoms with Gasteiger partial charge in [0.25, 0.3) is 0 Å². The molecule has 0 unspecified atom stereocenters. The highest BCUT2D eigenvalue weighted by molar-refractivity contribution is 5.58. The van der Waals surface area contributed by atoms with Gasteiger partial charge in [-0.2, -0.15) is 0 Å². The van der Waals surface area contributed by atoms with Crippen molar-refractivity contribution < 1.29 is 9.53 Å². The average Bonchev–Trinajstić information content (AvgIpc) is 2.21. The SMILES string of the molecule is C1=Cc2ccccc2OC1.C=O. The number of para-hydroxylation sites is 1. The van der Waals surface area contributed by atoms with Crippen molar-refractivity contribution >= 4 is 12.9 Å². The van der Waals surface area contributed by atoms with Gasteiger partial charge in [-0.3, -0.25) is 0 Å². The maximum atomic E-state index is 8.00. The van der Waals surface area contributed by atoms with Gasteiger partial charge in [-0.1, -0.05) is 24.3 Å². The first kappa shape index (κ1) is 8.53. The van der Waals surface area contributed by atoms with Crippen LogP contribution in [0.1, 0.15) is 5.56 Å². The van der Waals surface area contributed by atoms with Crippen LogP contribution in [0.5, 0.6) is 5.75 Å². The standard InChI is InChI=1S/C9H8O.CH2O/c1-2-6-9-8(4-1)5-3-7-10-9;1-2/h1-6H,7H2;1H2. The predicted octanol–water partition coefficient (Wildman–Crippen LogP) is 1.91. The molecule has 0 N–H and O–H groups in total. The lowest BCUT2D eigenvalue weighted by Gasteiger charge is -2.10. The van der Waals surface area contributed by atoms with Gasteiger partial charge in [0.05, 0.1) is 0 Å². The van der Waals surface area contributed by atoms with E-state index in [4.69, 9.17) is 9.53 Å². The van der Waals surface area contributed by atoms with E-state index in [1.807, 2.05) is 37.1 Å². The molecule has 1 aromatic rings. The van der Waals surface area contributed by atoms with Gasteiger partial charge in [-0.15, -0.1) is 0 Å². The molecule has 0 fully saturated rings. The second kappa shape index (κ2) is 4.34. The van der Waals surface area contributed by atoms with E-state index in [2.05, 4.69) is 6.08 Å². The highest BCUT2D eigenvalue weighted by atomic mass is 16.5. The fourth-order valence-electron chi connectivity index (χ4n) is 1.06. The highest BCUT2D eigenvalue weighted by Gasteiger charge is 2.01. The number of fused-ring (bicyclic) bond motifs is 1. The van der Waals surface area contributed by atoms with Crippen LogP contribution in [0.15, 0.2) is 30.3 Å². The Morgan fingerprint density at radius 1 is 1.25 bits per heavy atom. The molecule has 0 spiro atoms.